The Hall–Kier alpha value is -3.67. The van der Waals surface area contributed by atoms with Crippen molar-refractivity contribution in [2.75, 3.05) is 13.2 Å². The van der Waals surface area contributed by atoms with Crippen molar-refractivity contribution in [2.24, 2.45) is 0 Å². The highest BCUT2D eigenvalue weighted by Gasteiger charge is 2.19. The molecule has 370 valence electrons. The minimum atomic E-state index is -0.793. The van der Waals surface area contributed by atoms with Crippen LogP contribution in [0.2, 0.25) is 0 Å². The second-order valence-corrected chi connectivity index (χ2v) is 17.4. The van der Waals surface area contributed by atoms with E-state index in [1.807, 2.05) is 0 Å². The summed E-state index contributed by atoms with van der Waals surface area (Å²) >= 11 is 0. The van der Waals surface area contributed by atoms with Gasteiger partial charge >= 0.3 is 17.9 Å². The van der Waals surface area contributed by atoms with Gasteiger partial charge in [0.05, 0.1) is 0 Å². The van der Waals surface area contributed by atoms with Crippen molar-refractivity contribution in [2.45, 2.75) is 245 Å². The summed E-state index contributed by atoms with van der Waals surface area (Å²) in [6, 6.07) is 0. The summed E-state index contributed by atoms with van der Waals surface area (Å²) in [5, 5.41) is 0. The van der Waals surface area contributed by atoms with Gasteiger partial charge in [-0.2, -0.15) is 0 Å². The van der Waals surface area contributed by atoms with Crippen molar-refractivity contribution >= 4 is 17.9 Å². The number of rotatable bonds is 47. The summed E-state index contributed by atoms with van der Waals surface area (Å²) in [6.45, 7) is 6.44. The van der Waals surface area contributed by atoms with Crippen LogP contribution in [0.3, 0.4) is 0 Å². The predicted molar refractivity (Wildman–Crippen MR) is 279 cm³/mol. The Morgan fingerprint density at radius 3 is 0.969 bits per heavy atom. The van der Waals surface area contributed by atoms with Crippen LogP contribution in [0.5, 0.6) is 0 Å². The summed E-state index contributed by atoms with van der Waals surface area (Å²) in [7, 11) is 0. The van der Waals surface area contributed by atoms with Crippen LogP contribution in [0.1, 0.15) is 239 Å². The standard InChI is InChI=1S/C59H98O6/c1-4-7-10-13-16-19-21-23-25-26-27-28-29-30-31-32-33-34-35-37-38-40-43-46-49-52-58(61)64-55-56(54-63-57(60)51-48-45-42-18-15-12-9-6-3)65-59(62)53-50-47-44-41-39-36-24-22-20-17-14-11-8-5-2/h7,10,16,19,22-25,27-28,30-31,33-34,37-38,56H,4-6,8-9,11-15,17-18,20-21,26,29,32,35-36,39-55H2,1-3H3/b10-7-,19-16-,24-22-,25-23-,28-27-,31-30-,34-33-,38-37-. The maximum absolute atomic E-state index is 12.8. The van der Waals surface area contributed by atoms with Gasteiger partial charge in [0.1, 0.15) is 13.2 Å². The van der Waals surface area contributed by atoms with Gasteiger partial charge in [0.15, 0.2) is 6.10 Å². The minimum absolute atomic E-state index is 0.0912. The van der Waals surface area contributed by atoms with Crippen molar-refractivity contribution in [3.05, 3.63) is 97.2 Å². The summed E-state index contributed by atoms with van der Waals surface area (Å²) in [4.78, 5) is 37.9. The van der Waals surface area contributed by atoms with Crippen LogP contribution in [0.25, 0.3) is 0 Å². The van der Waals surface area contributed by atoms with Crippen LogP contribution >= 0.6 is 0 Å². The van der Waals surface area contributed by atoms with E-state index < -0.39 is 6.10 Å². The lowest BCUT2D eigenvalue weighted by Gasteiger charge is -2.18. The van der Waals surface area contributed by atoms with Crippen LogP contribution in [-0.4, -0.2) is 37.2 Å². The Bertz CT molecular complexity index is 1310. The zero-order chi connectivity index (χ0) is 47.2. The monoisotopic (exact) mass is 903 g/mol. The van der Waals surface area contributed by atoms with Crippen molar-refractivity contribution in [3.63, 3.8) is 0 Å². The second kappa shape index (κ2) is 52.9. The van der Waals surface area contributed by atoms with E-state index in [1.54, 1.807) is 0 Å². The molecule has 0 fully saturated rings. The third kappa shape index (κ3) is 51.2. The molecule has 0 aliphatic carbocycles. The van der Waals surface area contributed by atoms with Gasteiger partial charge in [0, 0.05) is 19.3 Å². The molecule has 1 unspecified atom stereocenters. The number of carbonyl (C=O) groups is 3. The summed E-state index contributed by atoms with van der Waals surface area (Å²) in [5.41, 5.74) is 0. The zero-order valence-electron chi connectivity index (χ0n) is 42.2. The summed E-state index contributed by atoms with van der Waals surface area (Å²) in [5.74, 6) is -0.941. The minimum Gasteiger partial charge on any atom is -0.462 e. The lowest BCUT2D eigenvalue weighted by molar-refractivity contribution is -0.167. The molecule has 0 aliphatic heterocycles. The average molecular weight is 903 g/mol. The molecule has 6 nitrogen and oxygen atoms in total. The summed E-state index contributed by atoms with van der Waals surface area (Å²) in [6.07, 6.45) is 69.7. The van der Waals surface area contributed by atoms with E-state index in [9.17, 15) is 14.4 Å². The third-order valence-corrected chi connectivity index (χ3v) is 11.1. The van der Waals surface area contributed by atoms with Gasteiger partial charge in [-0.25, -0.2) is 0 Å². The molecule has 0 rings (SSSR count). The maximum atomic E-state index is 12.8. The number of allylic oxidation sites excluding steroid dienone is 16. The number of hydrogen-bond acceptors (Lipinski definition) is 6. The highest BCUT2D eigenvalue weighted by atomic mass is 16.6. The number of esters is 3. The average Bonchev–Trinajstić information content (AvgIpc) is 3.30. The fourth-order valence-electron chi connectivity index (χ4n) is 7.06. The van der Waals surface area contributed by atoms with Gasteiger partial charge in [-0.1, -0.05) is 214 Å². The first-order valence-corrected chi connectivity index (χ1v) is 26.7. The Kier molecular flexibility index (Phi) is 50.0. The largest absolute Gasteiger partial charge is 0.462 e. The van der Waals surface area contributed by atoms with Gasteiger partial charge < -0.3 is 14.2 Å². The molecule has 0 aromatic heterocycles. The van der Waals surface area contributed by atoms with E-state index in [2.05, 4.69) is 118 Å². The smallest absolute Gasteiger partial charge is 0.306 e. The molecule has 0 aromatic carbocycles. The van der Waals surface area contributed by atoms with E-state index in [1.165, 1.54) is 77.0 Å². The molecule has 65 heavy (non-hydrogen) atoms. The van der Waals surface area contributed by atoms with Crippen molar-refractivity contribution < 1.29 is 28.6 Å². The Labute approximate surface area is 400 Å². The van der Waals surface area contributed by atoms with E-state index in [0.717, 1.165) is 122 Å². The molecule has 0 N–H and O–H groups in total. The first-order chi connectivity index (χ1) is 32.0. The van der Waals surface area contributed by atoms with E-state index in [-0.39, 0.29) is 31.1 Å². The second-order valence-electron chi connectivity index (χ2n) is 17.4. The van der Waals surface area contributed by atoms with E-state index >= 15 is 0 Å². The van der Waals surface area contributed by atoms with Gasteiger partial charge in [-0.15, -0.1) is 0 Å². The van der Waals surface area contributed by atoms with E-state index in [4.69, 9.17) is 14.2 Å². The first-order valence-electron chi connectivity index (χ1n) is 26.7. The van der Waals surface area contributed by atoms with Crippen molar-refractivity contribution in [1.29, 1.82) is 0 Å². The van der Waals surface area contributed by atoms with Gasteiger partial charge in [-0.3, -0.25) is 14.4 Å². The van der Waals surface area contributed by atoms with Gasteiger partial charge in [0.2, 0.25) is 0 Å². The first kappa shape index (κ1) is 61.3. The van der Waals surface area contributed by atoms with Crippen LogP contribution in [0.4, 0.5) is 0 Å². The molecule has 0 aliphatic rings. The summed E-state index contributed by atoms with van der Waals surface area (Å²) < 4.78 is 16.7. The zero-order valence-corrected chi connectivity index (χ0v) is 42.2. The highest BCUT2D eigenvalue weighted by molar-refractivity contribution is 5.71. The quantitative estimate of drug-likeness (QED) is 0.0262. The molecule has 1 atom stereocenters. The highest BCUT2D eigenvalue weighted by Crippen LogP contribution is 2.13. The molecule has 0 saturated heterocycles. The number of ether oxygens (including phenoxy) is 3. The molecule has 0 amide bonds. The lowest BCUT2D eigenvalue weighted by Crippen LogP contribution is -2.30. The molecule has 0 radical (unpaired) electrons. The Balaban J connectivity index is 4.34. The number of carbonyl (C=O) groups excluding carboxylic acids is 3. The molecule has 0 bridgehead atoms. The molecular weight excluding hydrogens is 805 g/mol. The number of unbranched alkanes of at least 4 members (excludes halogenated alkanes) is 20. The van der Waals surface area contributed by atoms with Crippen LogP contribution in [0.15, 0.2) is 97.2 Å². The van der Waals surface area contributed by atoms with Crippen molar-refractivity contribution in [1.82, 2.24) is 0 Å². The molecule has 0 saturated carbocycles. The predicted octanol–water partition coefficient (Wildman–Crippen LogP) is 17.8. The molecule has 6 heteroatoms. The van der Waals surface area contributed by atoms with Crippen LogP contribution in [-0.2, 0) is 28.6 Å². The normalized spacial score (nSPS) is 12.8. The Morgan fingerprint density at radius 2 is 0.600 bits per heavy atom. The maximum Gasteiger partial charge on any atom is 0.306 e. The lowest BCUT2D eigenvalue weighted by atomic mass is 10.1. The van der Waals surface area contributed by atoms with Gasteiger partial charge in [0.25, 0.3) is 0 Å². The van der Waals surface area contributed by atoms with Crippen LogP contribution < -0.4 is 0 Å². The SMILES string of the molecule is CC/C=C\C/C=C\C/C=C\C/C=C\C/C=C\C/C=C\C/C=C\CCCCCC(=O)OCC(COC(=O)CCCCCCCCCC)OC(=O)CCCCCCC/C=C\CCCCCCC. The molecular formula is C59H98O6. The molecule has 0 spiro atoms. The molecule has 0 heterocycles. The fraction of sp³-hybridized carbons (Fsp3) is 0.678. The van der Waals surface area contributed by atoms with Crippen LogP contribution in [0, 0.1) is 0 Å². The van der Waals surface area contributed by atoms with Crippen molar-refractivity contribution in [3.8, 4) is 0 Å². The number of hydrogen-bond donors (Lipinski definition) is 0. The molecule has 0 aromatic rings. The van der Waals surface area contributed by atoms with Gasteiger partial charge in [-0.05, 0) is 103 Å². The van der Waals surface area contributed by atoms with E-state index in [0.29, 0.717) is 19.3 Å². The fourth-order valence-corrected chi connectivity index (χ4v) is 7.06. The Morgan fingerprint density at radius 1 is 0.323 bits per heavy atom. The third-order valence-electron chi connectivity index (χ3n) is 11.1. The topological polar surface area (TPSA) is 78.9 Å².